The van der Waals surface area contributed by atoms with Crippen molar-refractivity contribution in [2.75, 3.05) is 6.54 Å². The molecule has 4 heterocycles. The maximum absolute atomic E-state index is 12.5. The van der Waals surface area contributed by atoms with Crippen LogP contribution < -0.4 is 5.56 Å². The molecule has 24 heavy (non-hydrogen) atoms. The Bertz CT molecular complexity index is 904. The number of aryl methyl sites for hydroxylation is 2. The van der Waals surface area contributed by atoms with E-state index in [-0.39, 0.29) is 5.56 Å². The summed E-state index contributed by atoms with van der Waals surface area (Å²) in [7, 11) is 0. The minimum atomic E-state index is -0.102. The van der Waals surface area contributed by atoms with E-state index in [4.69, 9.17) is 8.94 Å². The number of nitrogens with zero attached hydrogens (tertiary/aromatic N) is 3. The number of rotatable bonds is 3. The molecule has 0 spiro atoms. The van der Waals surface area contributed by atoms with Gasteiger partial charge in [-0.2, -0.15) is 0 Å². The molecule has 0 bridgehead atoms. The number of nitrogens with one attached hydrogen (secondary N) is 1. The molecule has 4 rings (SSSR count). The molecule has 3 aromatic heterocycles. The van der Waals surface area contributed by atoms with E-state index in [0.29, 0.717) is 18.1 Å². The van der Waals surface area contributed by atoms with Crippen molar-refractivity contribution in [1.82, 2.24) is 20.0 Å². The van der Waals surface area contributed by atoms with Crippen molar-refractivity contribution in [3.63, 3.8) is 0 Å². The third kappa shape index (κ3) is 2.56. The first kappa shape index (κ1) is 14.9. The second kappa shape index (κ2) is 5.76. The summed E-state index contributed by atoms with van der Waals surface area (Å²) in [6.07, 6.45) is 2.30. The van der Waals surface area contributed by atoms with Gasteiger partial charge in [-0.3, -0.25) is 9.69 Å². The van der Waals surface area contributed by atoms with Gasteiger partial charge in [0.05, 0.1) is 23.2 Å². The Morgan fingerprint density at radius 3 is 2.96 bits per heavy atom. The van der Waals surface area contributed by atoms with Crippen LogP contribution in [0.15, 0.2) is 32.1 Å². The van der Waals surface area contributed by atoms with E-state index in [0.717, 1.165) is 47.8 Å². The highest BCUT2D eigenvalue weighted by Gasteiger charge is 2.23. The summed E-state index contributed by atoms with van der Waals surface area (Å²) in [5, 5.41) is 3.99. The molecule has 1 N–H and O–H groups in total. The van der Waals surface area contributed by atoms with Crippen LogP contribution in [0.25, 0.3) is 11.6 Å². The van der Waals surface area contributed by atoms with Gasteiger partial charge in [0.2, 0.25) is 0 Å². The van der Waals surface area contributed by atoms with E-state index in [2.05, 4.69) is 20.0 Å². The van der Waals surface area contributed by atoms with Gasteiger partial charge in [-0.1, -0.05) is 5.16 Å². The zero-order valence-electron chi connectivity index (χ0n) is 13.6. The first-order valence-corrected chi connectivity index (χ1v) is 7.92. The predicted molar refractivity (Wildman–Crippen MR) is 86.4 cm³/mol. The van der Waals surface area contributed by atoms with Crippen molar-refractivity contribution in [2.45, 2.75) is 33.4 Å². The highest BCUT2D eigenvalue weighted by atomic mass is 16.5. The number of hydrogen-bond donors (Lipinski definition) is 1. The van der Waals surface area contributed by atoms with Gasteiger partial charge in [-0.25, -0.2) is 4.98 Å². The highest BCUT2D eigenvalue weighted by molar-refractivity contribution is 5.47. The molecule has 0 unspecified atom stereocenters. The number of fused-ring (bicyclic) bond motifs is 1. The largest absolute Gasteiger partial charge is 0.461 e. The molecule has 0 amide bonds. The van der Waals surface area contributed by atoms with Crippen LogP contribution in [0, 0.1) is 13.8 Å². The number of hydrogen-bond acceptors (Lipinski definition) is 6. The Morgan fingerprint density at radius 1 is 1.38 bits per heavy atom. The fourth-order valence-electron chi connectivity index (χ4n) is 3.10. The van der Waals surface area contributed by atoms with Crippen LogP contribution >= 0.6 is 0 Å². The summed E-state index contributed by atoms with van der Waals surface area (Å²) < 4.78 is 10.5. The molecule has 1 aliphatic heterocycles. The van der Waals surface area contributed by atoms with Gasteiger partial charge in [0.25, 0.3) is 5.56 Å². The molecule has 7 heteroatoms. The summed E-state index contributed by atoms with van der Waals surface area (Å²) in [5.41, 5.74) is 3.46. The monoisotopic (exact) mass is 326 g/mol. The second-order valence-electron chi connectivity index (χ2n) is 6.08. The zero-order valence-corrected chi connectivity index (χ0v) is 13.6. The van der Waals surface area contributed by atoms with Gasteiger partial charge >= 0.3 is 0 Å². The molecule has 0 saturated carbocycles. The quantitative estimate of drug-likeness (QED) is 0.794. The SMILES string of the molecule is Cc1noc(C)c1CN1CCc2nc(-c3ccco3)[nH]c(=O)c2C1. The Morgan fingerprint density at radius 2 is 2.25 bits per heavy atom. The topological polar surface area (TPSA) is 88.2 Å². The van der Waals surface area contributed by atoms with Crippen molar-refractivity contribution in [1.29, 1.82) is 0 Å². The van der Waals surface area contributed by atoms with Gasteiger partial charge in [0.1, 0.15) is 5.76 Å². The number of H-pyrrole nitrogens is 1. The first-order valence-electron chi connectivity index (χ1n) is 7.92. The fraction of sp³-hybridized carbons (Fsp3) is 0.353. The van der Waals surface area contributed by atoms with Gasteiger partial charge in [-0.05, 0) is 26.0 Å². The average Bonchev–Trinajstić information content (AvgIpc) is 3.21. The van der Waals surface area contributed by atoms with Crippen LogP contribution in [0.3, 0.4) is 0 Å². The number of aromatic amines is 1. The minimum Gasteiger partial charge on any atom is -0.461 e. The lowest BCUT2D eigenvalue weighted by Crippen LogP contribution is -2.35. The molecule has 0 fully saturated rings. The van der Waals surface area contributed by atoms with Crippen molar-refractivity contribution < 1.29 is 8.94 Å². The molecule has 0 atom stereocenters. The second-order valence-corrected chi connectivity index (χ2v) is 6.08. The molecule has 1 aliphatic rings. The molecular formula is C17H18N4O3. The Labute approximate surface area is 138 Å². The summed E-state index contributed by atoms with van der Waals surface area (Å²) in [5.74, 6) is 1.90. The standard InChI is InChI=1S/C17H18N4O3/c1-10-12(11(2)24-20-10)8-21-6-5-14-13(9-21)17(22)19-16(18-14)15-4-3-7-23-15/h3-4,7H,5-6,8-9H2,1-2H3,(H,18,19,22). The third-order valence-electron chi connectivity index (χ3n) is 4.47. The third-order valence-corrected chi connectivity index (χ3v) is 4.47. The molecule has 3 aromatic rings. The van der Waals surface area contributed by atoms with Crippen LogP contribution in [0.2, 0.25) is 0 Å². The number of furan rings is 1. The molecule has 0 radical (unpaired) electrons. The van der Waals surface area contributed by atoms with Crippen molar-refractivity contribution in [3.8, 4) is 11.6 Å². The smallest absolute Gasteiger partial charge is 0.256 e. The van der Waals surface area contributed by atoms with Gasteiger partial charge in [-0.15, -0.1) is 0 Å². The summed E-state index contributed by atoms with van der Waals surface area (Å²) in [6, 6.07) is 3.57. The van der Waals surface area contributed by atoms with E-state index < -0.39 is 0 Å². The lowest BCUT2D eigenvalue weighted by atomic mass is 10.1. The van der Waals surface area contributed by atoms with Crippen LogP contribution in [0.4, 0.5) is 0 Å². The normalized spacial score (nSPS) is 14.8. The van der Waals surface area contributed by atoms with E-state index in [9.17, 15) is 4.79 Å². The van der Waals surface area contributed by atoms with Crippen LogP contribution in [-0.4, -0.2) is 26.6 Å². The zero-order chi connectivity index (χ0) is 16.7. The predicted octanol–water partition coefficient (Wildman–Crippen LogP) is 2.19. The molecule has 124 valence electrons. The minimum absolute atomic E-state index is 0.102. The van der Waals surface area contributed by atoms with Crippen LogP contribution in [-0.2, 0) is 19.5 Å². The number of aromatic nitrogens is 3. The van der Waals surface area contributed by atoms with Crippen molar-refractivity contribution >= 4 is 0 Å². The van der Waals surface area contributed by atoms with Gasteiger partial charge in [0.15, 0.2) is 11.6 Å². The average molecular weight is 326 g/mol. The molecule has 0 aromatic carbocycles. The van der Waals surface area contributed by atoms with Gasteiger partial charge in [0, 0.05) is 31.6 Å². The Kier molecular flexibility index (Phi) is 3.57. The van der Waals surface area contributed by atoms with E-state index in [1.165, 1.54) is 0 Å². The summed E-state index contributed by atoms with van der Waals surface area (Å²) in [4.78, 5) is 22.1. The maximum atomic E-state index is 12.5. The van der Waals surface area contributed by atoms with Crippen molar-refractivity contribution in [3.05, 3.63) is 57.0 Å². The summed E-state index contributed by atoms with van der Waals surface area (Å²) in [6.45, 7) is 5.98. The lowest BCUT2D eigenvalue weighted by molar-refractivity contribution is 0.240. The Hall–Kier alpha value is -2.67. The highest BCUT2D eigenvalue weighted by Crippen LogP contribution is 2.22. The Balaban J connectivity index is 1.61. The van der Waals surface area contributed by atoms with Crippen LogP contribution in [0.5, 0.6) is 0 Å². The van der Waals surface area contributed by atoms with Crippen molar-refractivity contribution in [2.24, 2.45) is 0 Å². The van der Waals surface area contributed by atoms with Gasteiger partial charge < -0.3 is 13.9 Å². The molecule has 7 nitrogen and oxygen atoms in total. The lowest BCUT2D eigenvalue weighted by Gasteiger charge is -2.27. The molecular weight excluding hydrogens is 308 g/mol. The van der Waals surface area contributed by atoms with E-state index >= 15 is 0 Å². The van der Waals surface area contributed by atoms with E-state index in [1.807, 2.05) is 13.8 Å². The first-order chi connectivity index (χ1) is 11.6. The maximum Gasteiger partial charge on any atom is 0.256 e. The van der Waals surface area contributed by atoms with Crippen LogP contribution in [0.1, 0.15) is 28.3 Å². The van der Waals surface area contributed by atoms with E-state index in [1.54, 1.807) is 18.4 Å². The summed E-state index contributed by atoms with van der Waals surface area (Å²) >= 11 is 0. The molecule has 0 aliphatic carbocycles. The molecule has 0 saturated heterocycles. The fourth-order valence-corrected chi connectivity index (χ4v) is 3.10.